The highest BCUT2D eigenvalue weighted by Gasteiger charge is 2.23. The van der Waals surface area contributed by atoms with Gasteiger partial charge in [0.15, 0.2) is 0 Å². The van der Waals surface area contributed by atoms with Crippen LogP contribution in [0.2, 0.25) is 0 Å². The number of amidine groups is 1. The molecule has 2 N–H and O–H groups in total. The summed E-state index contributed by atoms with van der Waals surface area (Å²) >= 11 is 0. The van der Waals surface area contributed by atoms with Gasteiger partial charge in [-0.2, -0.15) is 0 Å². The van der Waals surface area contributed by atoms with Crippen LogP contribution in [0.4, 0.5) is 0 Å². The number of carbonyl (C=O) groups is 2. The Balaban J connectivity index is 1.72. The molecule has 0 aliphatic carbocycles. The molecule has 0 heterocycles. The van der Waals surface area contributed by atoms with Gasteiger partial charge >= 0.3 is 11.9 Å². The minimum atomic E-state index is -0.957. The molecule has 7 nitrogen and oxygen atoms in total. The maximum Gasteiger partial charge on any atom is 0.342 e. The van der Waals surface area contributed by atoms with E-state index in [1.54, 1.807) is 30.3 Å². The van der Waals surface area contributed by atoms with Crippen LogP contribution in [0.15, 0.2) is 83.9 Å². The van der Waals surface area contributed by atoms with Gasteiger partial charge in [0.1, 0.15) is 5.84 Å². The Morgan fingerprint density at radius 1 is 0.971 bits per heavy atom. The quantitative estimate of drug-likeness (QED) is 0.163. The molecule has 182 valence electrons. The van der Waals surface area contributed by atoms with E-state index in [2.05, 4.69) is 17.4 Å². The Morgan fingerprint density at radius 2 is 1.66 bits per heavy atom. The topological polar surface area (TPSA) is 97.2 Å². The predicted molar refractivity (Wildman–Crippen MR) is 135 cm³/mol. The molecule has 0 amide bonds. The van der Waals surface area contributed by atoms with Gasteiger partial charge in [-0.05, 0) is 34.7 Å². The molecule has 0 saturated heterocycles. The molecular formula is C28H30N2O5. The van der Waals surface area contributed by atoms with Crippen molar-refractivity contribution in [2.24, 2.45) is 4.99 Å². The number of hydrogen-bond acceptors (Lipinski definition) is 5. The van der Waals surface area contributed by atoms with Gasteiger partial charge in [-0.15, -0.1) is 0 Å². The van der Waals surface area contributed by atoms with E-state index in [1.807, 2.05) is 48.5 Å². The van der Waals surface area contributed by atoms with Crippen molar-refractivity contribution in [2.45, 2.75) is 38.8 Å². The highest BCUT2D eigenvalue weighted by atomic mass is 16.7. The molecule has 35 heavy (non-hydrogen) atoms. The number of ether oxygens (including phenoxy) is 1. The standard InChI is InChI=1S/C28H30N2O5/c1-3-4-14-25(30-35-26(28(33)34-2)22-10-6-5-7-11-22)29-19-20-15-17-21(18-16-20)23-12-8-9-13-24(23)27(31)32/h5-13,15-18,26H,3-4,14,19H2,1-2H3,(H,29,30)(H,31,32). The van der Waals surface area contributed by atoms with Crippen molar-refractivity contribution in [3.63, 3.8) is 0 Å². The number of benzene rings is 3. The molecule has 7 heteroatoms. The predicted octanol–water partition coefficient (Wildman–Crippen LogP) is 5.58. The first-order valence-electron chi connectivity index (χ1n) is 11.5. The first-order valence-corrected chi connectivity index (χ1v) is 11.5. The number of hydrogen-bond donors (Lipinski definition) is 2. The number of carboxylic acid groups (broad SMARTS) is 1. The normalized spacial score (nSPS) is 12.1. The fourth-order valence-corrected chi connectivity index (χ4v) is 3.52. The summed E-state index contributed by atoms with van der Waals surface area (Å²) in [4.78, 5) is 34.2. The van der Waals surface area contributed by atoms with Crippen LogP contribution < -0.4 is 5.48 Å². The van der Waals surface area contributed by atoms with Crippen LogP contribution in [-0.4, -0.2) is 30.0 Å². The van der Waals surface area contributed by atoms with Gasteiger partial charge in [0.25, 0.3) is 0 Å². The Kier molecular flexibility index (Phi) is 9.57. The number of hydroxylamine groups is 1. The maximum absolute atomic E-state index is 12.3. The third-order valence-corrected chi connectivity index (χ3v) is 5.45. The lowest BCUT2D eigenvalue weighted by atomic mass is 9.99. The molecule has 0 aliphatic rings. The molecule has 0 saturated carbocycles. The zero-order valence-electron chi connectivity index (χ0n) is 19.9. The van der Waals surface area contributed by atoms with Crippen molar-refractivity contribution in [2.75, 3.05) is 7.11 Å². The van der Waals surface area contributed by atoms with Crippen LogP contribution in [0.3, 0.4) is 0 Å². The van der Waals surface area contributed by atoms with Gasteiger partial charge in [0.05, 0.1) is 19.2 Å². The summed E-state index contributed by atoms with van der Waals surface area (Å²) in [5, 5.41) is 9.44. The number of carbonyl (C=O) groups excluding carboxylic acids is 1. The molecule has 0 fully saturated rings. The number of nitrogens with one attached hydrogen (secondary N) is 1. The lowest BCUT2D eigenvalue weighted by molar-refractivity contribution is -0.157. The third kappa shape index (κ3) is 7.25. The molecule has 1 atom stereocenters. The summed E-state index contributed by atoms with van der Waals surface area (Å²) in [5.74, 6) is -0.825. The van der Waals surface area contributed by atoms with Crippen LogP contribution in [0.1, 0.15) is 53.8 Å². The Hall–Kier alpha value is -3.97. The number of unbranched alkanes of at least 4 members (excludes halogenated alkanes) is 1. The first-order chi connectivity index (χ1) is 17.0. The molecular weight excluding hydrogens is 444 g/mol. The fraction of sp³-hybridized carbons (Fsp3) is 0.250. The Bertz CT molecular complexity index is 1140. The van der Waals surface area contributed by atoms with Crippen molar-refractivity contribution in [1.82, 2.24) is 5.48 Å². The lowest BCUT2D eigenvalue weighted by Gasteiger charge is -2.18. The van der Waals surface area contributed by atoms with Crippen LogP contribution in [0, 0.1) is 0 Å². The van der Waals surface area contributed by atoms with Crippen LogP contribution in [0.5, 0.6) is 0 Å². The minimum Gasteiger partial charge on any atom is -0.478 e. The largest absolute Gasteiger partial charge is 0.478 e. The number of nitrogens with zero attached hydrogens (tertiary/aromatic N) is 1. The van der Waals surface area contributed by atoms with Crippen LogP contribution >= 0.6 is 0 Å². The van der Waals surface area contributed by atoms with E-state index in [0.29, 0.717) is 29.9 Å². The van der Waals surface area contributed by atoms with Gasteiger partial charge in [-0.3, -0.25) is 15.3 Å². The molecule has 0 spiro atoms. The molecule has 3 aromatic carbocycles. The monoisotopic (exact) mass is 474 g/mol. The third-order valence-electron chi connectivity index (χ3n) is 5.45. The summed E-state index contributed by atoms with van der Waals surface area (Å²) < 4.78 is 4.90. The van der Waals surface area contributed by atoms with Crippen molar-refractivity contribution in [3.05, 3.63) is 95.6 Å². The first kappa shape index (κ1) is 25.6. The summed E-state index contributed by atoms with van der Waals surface area (Å²) in [5.41, 5.74) is 6.28. The molecule has 0 aromatic heterocycles. The zero-order chi connectivity index (χ0) is 25.0. The van der Waals surface area contributed by atoms with E-state index >= 15 is 0 Å². The highest BCUT2D eigenvalue weighted by molar-refractivity contribution is 5.96. The van der Waals surface area contributed by atoms with Crippen molar-refractivity contribution >= 4 is 17.8 Å². The van der Waals surface area contributed by atoms with E-state index in [-0.39, 0.29) is 5.56 Å². The molecule has 0 radical (unpaired) electrons. The van der Waals surface area contributed by atoms with Crippen molar-refractivity contribution in [1.29, 1.82) is 0 Å². The molecule has 3 rings (SSSR count). The number of rotatable bonds is 11. The van der Waals surface area contributed by atoms with E-state index in [9.17, 15) is 14.7 Å². The van der Waals surface area contributed by atoms with E-state index in [0.717, 1.165) is 24.0 Å². The van der Waals surface area contributed by atoms with Crippen molar-refractivity contribution < 1.29 is 24.3 Å². The molecule has 0 bridgehead atoms. The molecule has 1 unspecified atom stereocenters. The second kappa shape index (κ2) is 13.1. The number of methoxy groups -OCH3 is 1. The van der Waals surface area contributed by atoms with Crippen LogP contribution in [-0.2, 0) is 20.9 Å². The average Bonchev–Trinajstić information content (AvgIpc) is 2.90. The maximum atomic E-state index is 12.3. The van der Waals surface area contributed by atoms with Gasteiger partial charge in [-0.1, -0.05) is 86.1 Å². The molecule has 3 aromatic rings. The van der Waals surface area contributed by atoms with Crippen molar-refractivity contribution in [3.8, 4) is 11.1 Å². The Labute approximate surface area is 205 Å². The van der Waals surface area contributed by atoms with E-state index in [1.165, 1.54) is 7.11 Å². The van der Waals surface area contributed by atoms with E-state index < -0.39 is 18.0 Å². The van der Waals surface area contributed by atoms with Gasteiger partial charge in [0, 0.05) is 6.42 Å². The van der Waals surface area contributed by atoms with Gasteiger partial charge in [0.2, 0.25) is 6.10 Å². The summed E-state index contributed by atoms with van der Waals surface area (Å²) in [6.07, 6.45) is 1.65. The molecule has 0 aliphatic heterocycles. The average molecular weight is 475 g/mol. The fourth-order valence-electron chi connectivity index (χ4n) is 3.52. The Morgan fingerprint density at radius 3 is 2.31 bits per heavy atom. The number of aromatic carboxylic acids is 1. The second-order valence-corrected chi connectivity index (χ2v) is 7.95. The summed E-state index contributed by atoms with van der Waals surface area (Å²) in [6, 6.07) is 23.7. The summed E-state index contributed by atoms with van der Waals surface area (Å²) in [7, 11) is 1.33. The number of aliphatic imine (C=N–C) groups is 1. The summed E-state index contributed by atoms with van der Waals surface area (Å²) in [6.45, 7) is 2.50. The lowest BCUT2D eigenvalue weighted by Crippen LogP contribution is -2.30. The van der Waals surface area contributed by atoms with Crippen LogP contribution in [0.25, 0.3) is 11.1 Å². The highest BCUT2D eigenvalue weighted by Crippen LogP contribution is 2.24. The van der Waals surface area contributed by atoms with E-state index in [4.69, 9.17) is 9.57 Å². The minimum absolute atomic E-state index is 0.264. The SMILES string of the molecule is CCCCC(=NCc1ccc(-c2ccccc2C(=O)O)cc1)NOC(C(=O)OC)c1ccccc1. The number of esters is 1. The smallest absolute Gasteiger partial charge is 0.342 e. The van der Waals surface area contributed by atoms with Gasteiger partial charge in [-0.25, -0.2) is 9.59 Å². The zero-order valence-corrected chi connectivity index (χ0v) is 19.9. The number of carboxylic acids is 1. The second-order valence-electron chi connectivity index (χ2n) is 7.95. The van der Waals surface area contributed by atoms with Gasteiger partial charge < -0.3 is 9.84 Å².